The van der Waals surface area contributed by atoms with Gasteiger partial charge in [-0.05, 0) is 31.7 Å². The van der Waals surface area contributed by atoms with Gasteiger partial charge in [0.25, 0.3) is 0 Å². The SMILES string of the molecule is Cc1ncc2c(n1)CN(CC(O)COCC1CCCO1)CC2. The number of aliphatic hydroxyl groups excluding tert-OH is 1. The molecule has 0 aromatic carbocycles. The number of aromatic nitrogens is 2. The van der Waals surface area contributed by atoms with E-state index < -0.39 is 6.10 Å². The predicted molar refractivity (Wildman–Crippen MR) is 81.5 cm³/mol. The molecule has 6 heteroatoms. The first-order valence-electron chi connectivity index (χ1n) is 8.12. The van der Waals surface area contributed by atoms with Gasteiger partial charge in [-0.15, -0.1) is 0 Å². The molecule has 2 unspecified atom stereocenters. The van der Waals surface area contributed by atoms with E-state index >= 15 is 0 Å². The number of hydrogen-bond acceptors (Lipinski definition) is 6. The van der Waals surface area contributed by atoms with Crippen LogP contribution in [-0.2, 0) is 22.4 Å². The molecule has 6 nitrogen and oxygen atoms in total. The minimum absolute atomic E-state index is 0.216. The van der Waals surface area contributed by atoms with Crippen LogP contribution in [0.1, 0.15) is 29.9 Å². The molecule has 0 aliphatic carbocycles. The second-order valence-electron chi connectivity index (χ2n) is 6.20. The zero-order chi connectivity index (χ0) is 15.4. The van der Waals surface area contributed by atoms with Crippen molar-refractivity contribution in [3.05, 3.63) is 23.3 Å². The summed E-state index contributed by atoms with van der Waals surface area (Å²) in [6.07, 6.45) is 4.80. The van der Waals surface area contributed by atoms with Crippen molar-refractivity contribution < 1.29 is 14.6 Å². The van der Waals surface area contributed by atoms with Crippen LogP contribution in [0.2, 0.25) is 0 Å². The summed E-state index contributed by atoms with van der Waals surface area (Å²) in [5.74, 6) is 0.807. The molecule has 2 atom stereocenters. The highest BCUT2D eigenvalue weighted by molar-refractivity contribution is 5.20. The Hall–Kier alpha value is -1.08. The molecular formula is C16H25N3O3. The Morgan fingerprint density at radius 2 is 2.45 bits per heavy atom. The molecule has 1 N–H and O–H groups in total. The van der Waals surface area contributed by atoms with Gasteiger partial charge in [-0.3, -0.25) is 4.90 Å². The maximum Gasteiger partial charge on any atom is 0.125 e. The normalized spacial score (nSPS) is 23.5. The van der Waals surface area contributed by atoms with Crippen LogP contribution in [0, 0.1) is 6.92 Å². The Morgan fingerprint density at radius 1 is 1.55 bits per heavy atom. The third-order valence-corrected chi connectivity index (χ3v) is 4.25. The fraction of sp³-hybridized carbons (Fsp3) is 0.750. The minimum Gasteiger partial charge on any atom is -0.389 e. The van der Waals surface area contributed by atoms with Gasteiger partial charge in [-0.25, -0.2) is 9.97 Å². The van der Waals surface area contributed by atoms with Crippen LogP contribution < -0.4 is 0 Å². The first-order valence-corrected chi connectivity index (χ1v) is 8.12. The van der Waals surface area contributed by atoms with Gasteiger partial charge in [-0.1, -0.05) is 0 Å². The molecule has 0 amide bonds. The highest BCUT2D eigenvalue weighted by Gasteiger charge is 2.21. The Morgan fingerprint density at radius 3 is 3.27 bits per heavy atom. The standard InChI is InChI=1S/C16H25N3O3/c1-12-17-7-13-4-5-19(9-16(13)18-12)8-14(20)10-21-11-15-3-2-6-22-15/h7,14-15,20H,2-6,8-11H2,1H3. The molecule has 0 radical (unpaired) electrons. The largest absolute Gasteiger partial charge is 0.389 e. The first-order chi connectivity index (χ1) is 10.7. The molecule has 1 aromatic heterocycles. The zero-order valence-electron chi connectivity index (χ0n) is 13.2. The number of aryl methyl sites for hydroxylation is 1. The number of hydrogen-bond donors (Lipinski definition) is 1. The summed E-state index contributed by atoms with van der Waals surface area (Å²) < 4.78 is 11.1. The molecule has 0 saturated carbocycles. The van der Waals surface area contributed by atoms with Gasteiger partial charge in [0, 0.05) is 32.4 Å². The molecule has 1 aromatic rings. The van der Waals surface area contributed by atoms with Gasteiger partial charge in [-0.2, -0.15) is 0 Å². The van der Waals surface area contributed by atoms with Gasteiger partial charge in [0.05, 0.1) is 31.1 Å². The number of rotatable bonds is 6. The summed E-state index contributed by atoms with van der Waals surface area (Å²) in [5, 5.41) is 10.1. The second-order valence-corrected chi connectivity index (χ2v) is 6.20. The van der Waals surface area contributed by atoms with Gasteiger partial charge < -0.3 is 14.6 Å². The summed E-state index contributed by atoms with van der Waals surface area (Å²) in [6, 6.07) is 0. The molecule has 3 heterocycles. The molecule has 1 saturated heterocycles. The molecule has 0 spiro atoms. The molecule has 22 heavy (non-hydrogen) atoms. The van der Waals surface area contributed by atoms with E-state index in [2.05, 4.69) is 14.9 Å². The molecular weight excluding hydrogens is 282 g/mol. The van der Waals surface area contributed by atoms with E-state index in [1.54, 1.807) is 0 Å². The number of nitrogens with zero attached hydrogens (tertiary/aromatic N) is 3. The monoisotopic (exact) mass is 307 g/mol. The van der Waals surface area contributed by atoms with E-state index in [9.17, 15) is 5.11 Å². The summed E-state index contributed by atoms with van der Waals surface area (Å²) >= 11 is 0. The van der Waals surface area contributed by atoms with Crippen LogP contribution in [0.15, 0.2) is 6.20 Å². The van der Waals surface area contributed by atoms with Crippen LogP contribution in [0.25, 0.3) is 0 Å². The summed E-state index contributed by atoms with van der Waals surface area (Å²) in [6.45, 7) is 6.04. The fourth-order valence-corrected chi connectivity index (χ4v) is 3.07. The van der Waals surface area contributed by atoms with Crippen molar-refractivity contribution in [1.82, 2.24) is 14.9 Å². The lowest BCUT2D eigenvalue weighted by Crippen LogP contribution is -2.39. The lowest BCUT2D eigenvalue weighted by Gasteiger charge is -2.29. The van der Waals surface area contributed by atoms with Crippen molar-refractivity contribution in [3.8, 4) is 0 Å². The van der Waals surface area contributed by atoms with E-state index in [0.717, 1.165) is 50.5 Å². The lowest BCUT2D eigenvalue weighted by molar-refractivity contribution is -0.0262. The van der Waals surface area contributed by atoms with Gasteiger partial charge in [0.2, 0.25) is 0 Å². The summed E-state index contributed by atoms with van der Waals surface area (Å²) in [5.41, 5.74) is 2.32. The maximum atomic E-state index is 10.1. The third-order valence-electron chi connectivity index (χ3n) is 4.25. The molecule has 0 bridgehead atoms. The Balaban J connectivity index is 1.41. The smallest absolute Gasteiger partial charge is 0.125 e. The topological polar surface area (TPSA) is 67.7 Å². The molecule has 1 fully saturated rings. The van der Waals surface area contributed by atoms with Crippen LogP contribution in [0.5, 0.6) is 0 Å². The maximum absolute atomic E-state index is 10.1. The molecule has 122 valence electrons. The molecule has 3 rings (SSSR count). The van der Waals surface area contributed by atoms with E-state index in [1.807, 2.05) is 13.1 Å². The average molecular weight is 307 g/mol. The fourth-order valence-electron chi connectivity index (χ4n) is 3.07. The summed E-state index contributed by atoms with van der Waals surface area (Å²) in [7, 11) is 0. The Kier molecular flexibility index (Phi) is 5.36. The highest BCUT2D eigenvalue weighted by atomic mass is 16.5. The van der Waals surface area contributed by atoms with E-state index in [4.69, 9.17) is 9.47 Å². The van der Waals surface area contributed by atoms with Gasteiger partial charge in [0.15, 0.2) is 0 Å². The number of ether oxygens (including phenoxy) is 2. The van der Waals surface area contributed by atoms with Crippen molar-refractivity contribution >= 4 is 0 Å². The lowest BCUT2D eigenvalue weighted by atomic mass is 10.1. The number of fused-ring (bicyclic) bond motifs is 1. The minimum atomic E-state index is -0.467. The summed E-state index contributed by atoms with van der Waals surface area (Å²) in [4.78, 5) is 11.0. The highest BCUT2D eigenvalue weighted by Crippen LogP contribution is 2.16. The third kappa shape index (κ3) is 4.23. The second kappa shape index (κ2) is 7.46. The van der Waals surface area contributed by atoms with Crippen LogP contribution >= 0.6 is 0 Å². The van der Waals surface area contributed by atoms with Gasteiger partial charge >= 0.3 is 0 Å². The van der Waals surface area contributed by atoms with Crippen LogP contribution in [0.3, 0.4) is 0 Å². The van der Waals surface area contributed by atoms with E-state index in [0.29, 0.717) is 19.8 Å². The van der Waals surface area contributed by atoms with Crippen LogP contribution in [0.4, 0.5) is 0 Å². The van der Waals surface area contributed by atoms with E-state index in [1.165, 1.54) is 5.56 Å². The van der Waals surface area contributed by atoms with E-state index in [-0.39, 0.29) is 6.10 Å². The van der Waals surface area contributed by atoms with Crippen molar-refractivity contribution in [2.75, 3.05) is 32.9 Å². The Bertz CT molecular complexity index is 492. The molecule has 2 aliphatic rings. The van der Waals surface area contributed by atoms with Crippen LogP contribution in [-0.4, -0.2) is 65.1 Å². The van der Waals surface area contributed by atoms with Crippen molar-refractivity contribution in [1.29, 1.82) is 0 Å². The number of aliphatic hydroxyl groups is 1. The van der Waals surface area contributed by atoms with Crippen molar-refractivity contribution in [2.45, 2.75) is 44.9 Å². The molecule has 2 aliphatic heterocycles. The average Bonchev–Trinajstić information content (AvgIpc) is 3.00. The van der Waals surface area contributed by atoms with Crippen molar-refractivity contribution in [3.63, 3.8) is 0 Å². The zero-order valence-corrected chi connectivity index (χ0v) is 13.2. The Labute approximate surface area is 131 Å². The van der Waals surface area contributed by atoms with Gasteiger partial charge in [0.1, 0.15) is 5.82 Å². The predicted octanol–water partition coefficient (Wildman–Crippen LogP) is 0.700. The number of β-amino-alcohol motifs (C(OH)–C–C–N with tert-alkyl or cyclic N) is 1. The quantitative estimate of drug-likeness (QED) is 0.834. The first kappa shape index (κ1) is 15.8. The van der Waals surface area contributed by atoms with Crippen molar-refractivity contribution in [2.24, 2.45) is 0 Å².